The van der Waals surface area contributed by atoms with Crippen LogP contribution in [-0.2, 0) is 13.0 Å². The van der Waals surface area contributed by atoms with Gasteiger partial charge in [0.25, 0.3) is 0 Å². The van der Waals surface area contributed by atoms with Gasteiger partial charge in [0.1, 0.15) is 12.4 Å². The normalized spacial score (nSPS) is 10.5. The Morgan fingerprint density at radius 2 is 1.74 bits per heavy atom. The summed E-state index contributed by atoms with van der Waals surface area (Å²) in [6.45, 7) is 5.41. The topological polar surface area (TPSA) is 35.2 Å². The lowest BCUT2D eigenvalue weighted by molar-refractivity contribution is 0.302. The van der Waals surface area contributed by atoms with Crippen molar-refractivity contribution in [3.8, 4) is 5.75 Å². The van der Waals surface area contributed by atoms with Gasteiger partial charge in [-0.15, -0.1) is 0 Å². The third-order valence-corrected chi connectivity index (χ3v) is 3.26. The number of benzene rings is 2. The highest BCUT2D eigenvalue weighted by Gasteiger charge is 2.04. The molecule has 2 N–H and O–H groups in total. The van der Waals surface area contributed by atoms with Crippen molar-refractivity contribution in [3.63, 3.8) is 0 Å². The molecule has 0 radical (unpaired) electrons. The summed E-state index contributed by atoms with van der Waals surface area (Å²) in [6, 6.07) is 14.6. The predicted molar refractivity (Wildman–Crippen MR) is 79.4 cm³/mol. The molecule has 2 nitrogen and oxygen atoms in total. The summed E-state index contributed by atoms with van der Waals surface area (Å²) in [5.41, 5.74) is 10.5. The molecule has 2 heteroatoms. The molecule has 2 aromatic carbocycles. The largest absolute Gasteiger partial charge is 0.489 e. The first-order valence-corrected chi connectivity index (χ1v) is 6.67. The Hall–Kier alpha value is -1.80. The van der Waals surface area contributed by atoms with E-state index in [1.165, 1.54) is 22.3 Å². The van der Waals surface area contributed by atoms with Crippen LogP contribution in [0.4, 0.5) is 0 Å². The lowest BCUT2D eigenvalue weighted by Crippen LogP contribution is -2.07. The van der Waals surface area contributed by atoms with E-state index in [0.717, 1.165) is 12.2 Å². The van der Waals surface area contributed by atoms with Gasteiger partial charge in [0, 0.05) is 0 Å². The molecule has 100 valence electrons. The highest BCUT2D eigenvalue weighted by atomic mass is 16.5. The van der Waals surface area contributed by atoms with Crippen molar-refractivity contribution in [2.45, 2.75) is 26.9 Å². The molecule has 19 heavy (non-hydrogen) atoms. The van der Waals surface area contributed by atoms with Crippen molar-refractivity contribution in [2.24, 2.45) is 5.73 Å². The maximum absolute atomic E-state index is 5.95. The second-order valence-corrected chi connectivity index (χ2v) is 4.87. The molecule has 0 aliphatic carbocycles. The minimum atomic E-state index is 0.598. The Kier molecular flexibility index (Phi) is 4.58. The lowest BCUT2D eigenvalue weighted by Gasteiger charge is -2.12. The minimum absolute atomic E-state index is 0.598. The molecule has 0 aliphatic rings. The summed E-state index contributed by atoms with van der Waals surface area (Å²) in [7, 11) is 0. The van der Waals surface area contributed by atoms with Crippen molar-refractivity contribution in [3.05, 3.63) is 64.7 Å². The average Bonchev–Trinajstić information content (AvgIpc) is 2.42. The Bertz CT molecular complexity index is 549. The van der Waals surface area contributed by atoms with Gasteiger partial charge in [-0.1, -0.05) is 36.4 Å². The van der Waals surface area contributed by atoms with E-state index < -0.39 is 0 Å². The average molecular weight is 255 g/mol. The molecule has 2 rings (SSSR count). The molecule has 0 aromatic heterocycles. The SMILES string of the molecule is Cc1ccc(C)c(OCc2ccccc2CCN)c1. The molecule has 0 atom stereocenters. The van der Waals surface area contributed by atoms with Gasteiger partial charge in [0.15, 0.2) is 0 Å². The van der Waals surface area contributed by atoms with Crippen molar-refractivity contribution in [2.75, 3.05) is 6.54 Å². The summed E-state index contributed by atoms with van der Waals surface area (Å²) >= 11 is 0. The molecule has 0 heterocycles. The quantitative estimate of drug-likeness (QED) is 0.889. The van der Waals surface area contributed by atoms with Crippen LogP contribution >= 0.6 is 0 Å². The van der Waals surface area contributed by atoms with Crippen LogP contribution in [0.5, 0.6) is 5.75 Å². The number of aryl methyl sites for hydroxylation is 2. The third-order valence-electron chi connectivity index (χ3n) is 3.26. The fraction of sp³-hybridized carbons (Fsp3) is 0.294. The van der Waals surface area contributed by atoms with E-state index in [4.69, 9.17) is 10.5 Å². The van der Waals surface area contributed by atoms with Crippen LogP contribution in [0.2, 0.25) is 0 Å². The molecule has 0 bridgehead atoms. The predicted octanol–water partition coefficient (Wildman–Crippen LogP) is 3.38. The number of hydrogen-bond donors (Lipinski definition) is 1. The van der Waals surface area contributed by atoms with Crippen LogP contribution in [-0.4, -0.2) is 6.54 Å². The van der Waals surface area contributed by atoms with Gasteiger partial charge >= 0.3 is 0 Å². The van der Waals surface area contributed by atoms with Crippen molar-refractivity contribution in [1.82, 2.24) is 0 Å². The standard InChI is InChI=1S/C17H21NO/c1-13-7-8-14(2)17(11-13)19-12-16-6-4-3-5-15(16)9-10-18/h3-8,11H,9-10,12,18H2,1-2H3. The summed E-state index contributed by atoms with van der Waals surface area (Å²) in [6.07, 6.45) is 0.895. The van der Waals surface area contributed by atoms with Crippen LogP contribution in [0, 0.1) is 13.8 Å². The highest BCUT2D eigenvalue weighted by Crippen LogP contribution is 2.21. The van der Waals surface area contributed by atoms with Gasteiger partial charge in [-0.3, -0.25) is 0 Å². The van der Waals surface area contributed by atoms with Crippen molar-refractivity contribution >= 4 is 0 Å². The Morgan fingerprint density at radius 3 is 2.47 bits per heavy atom. The van der Waals surface area contributed by atoms with Crippen LogP contribution < -0.4 is 10.5 Å². The smallest absolute Gasteiger partial charge is 0.122 e. The number of hydrogen-bond acceptors (Lipinski definition) is 2. The first-order valence-electron chi connectivity index (χ1n) is 6.67. The third kappa shape index (κ3) is 3.58. The van der Waals surface area contributed by atoms with E-state index in [9.17, 15) is 0 Å². The Balaban J connectivity index is 2.12. The molecule has 0 saturated heterocycles. The Labute approximate surface area is 115 Å². The van der Waals surface area contributed by atoms with E-state index >= 15 is 0 Å². The molecule has 2 aromatic rings. The summed E-state index contributed by atoms with van der Waals surface area (Å²) in [5.74, 6) is 0.961. The zero-order valence-corrected chi connectivity index (χ0v) is 11.6. The summed E-state index contributed by atoms with van der Waals surface area (Å²) in [5, 5.41) is 0. The van der Waals surface area contributed by atoms with Gasteiger partial charge in [-0.05, 0) is 55.1 Å². The molecular weight excluding hydrogens is 234 g/mol. The summed E-state index contributed by atoms with van der Waals surface area (Å²) in [4.78, 5) is 0. The fourth-order valence-electron chi connectivity index (χ4n) is 2.12. The van der Waals surface area contributed by atoms with Crippen LogP contribution in [0.15, 0.2) is 42.5 Å². The molecule has 0 amide bonds. The first-order chi connectivity index (χ1) is 9.20. The summed E-state index contributed by atoms with van der Waals surface area (Å²) < 4.78 is 5.95. The monoisotopic (exact) mass is 255 g/mol. The maximum atomic E-state index is 5.95. The van der Waals surface area contributed by atoms with Gasteiger partial charge in [0.2, 0.25) is 0 Å². The number of nitrogens with two attached hydrogens (primary N) is 1. The van der Waals surface area contributed by atoms with E-state index in [-0.39, 0.29) is 0 Å². The van der Waals surface area contributed by atoms with E-state index in [0.29, 0.717) is 13.2 Å². The van der Waals surface area contributed by atoms with E-state index in [1.54, 1.807) is 0 Å². The van der Waals surface area contributed by atoms with Crippen molar-refractivity contribution < 1.29 is 4.74 Å². The molecule has 0 unspecified atom stereocenters. The zero-order valence-electron chi connectivity index (χ0n) is 11.6. The van der Waals surface area contributed by atoms with Crippen LogP contribution in [0.3, 0.4) is 0 Å². The zero-order chi connectivity index (χ0) is 13.7. The number of ether oxygens (including phenoxy) is 1. The second-order valence-electron chi connectivity index (χ2n) is 4.87. The highest BCUT2D eigenvalue weighted by molar-refractivity contribution is 5.36. The van der Waals surface area contributed by atoms with E-state index in [2.05, 4.69) is 44.2 Å². The van der Waals surface area contributed by atoms with Crippen LogP contribution in [0.1, 0.15) is 22.3 Å². The first kappa shape index (κ1) is 13.6. The lowest BCUT2D eigenvalue weighted by atomic mass is 10.1. The van der Waals surface area contributed by atoms with Gasteiger partial charge < -0.3 is 10.5 Å². The van der Waals surface area contributed by atoms with Gasteiger partial charge in [0.05, 0.1) is 0 Å². The second kappa shape index (κ2) is 6.39. The molecule has 0 fully saturated rings. The van der Waals surface area contributed by atoms with Gasteiger partial charge in [-0.25, -0.2) is 0 Å². The molecule has 0 saturated carbocycles. The Morgan fingerprint density at radius 1 is 1.00 bits per heavy atom. The van der Waals surface area contributed by atoms with Crippen LogP contribution in [0.25, 0.3) is 0 Å². The number of rotatable bonds is 5. The van der Waals surface area contributed by atoms with E-state index in [1.807, 2.05) is 12.1 Å². The van der Waals surface area contributed by atoms with Gasteiger partial charge in [-0.2, -0.15) is 0 Å². The fourth-order valence-corrected chi connectivity index (χ4v) is 2.12. The molecule has 0 aliphatic heterocycles. The minimum Gasteiger partial charge on any atom is -0.489 e. The van der Waals surface area contributed by atoms with Crippen molar-refractivity contribution in [1.29, 1.82) is 0 Å². The maximum Gasteiger partial charge on any atom is 0.122 e. The molecular formula is C17H21NO. The molecule has 0 spiro atoms.